The van der Waals surface area contributed by atoms with Crippen molar-refractivity contribution in [1.29, 1.82) is 0 Å². The summed E-state index contributed by atoms with van der Waals surface area (Å²) in [6, 6.07) is 20.6. The lowest BCUT2D eigenvalue weighted by Crippen LogP contribution is -2.46. The highest BCUT2D eigenvalue weighted by atomic mass is 35.5. The van der Waals surface area contributed by atoms with Gasteiger partial charge in [0.15, 0.2) is 0 Å². The fourth-order valence-electron chi connectivity index (χ4n) is 4.70. The number of amides is 2. The van der Waals surface area contributed by atoms with E-state index >= 15 is 0 Å². The summed E-state index contributed by atoms with van der Waals surface area (Å²) in [7, 11) is 1.55. The third kappa shape index (κ3) is 6.90. The second-order valence-corrected chi connectivity index (χ2v) is 10.2. The maximum atomic E-state index is 14.1. The quantitative estimate of drug-likeness (QED) is 0.299. The van der Waals surface area contributed by atoms with Crippen LogP contribution in [0.15, 0.2) is 72.8 Å². The van der Waals surface area contributed by atoms with Gasteiger partial charge in [-0.15, -0.1) is 10.2 Å². The van der Waals surface area contributed by atoms with E-state index in [1.807, 2.05) is 31.2 Å². The van der Waals surface area contributed by atoms with Gasteiger partial charge in [0, 0.05) is 35.5 Å². The van der Waals surface area contributed by atoms with Gasteiger partial charge in [0.05, 0.1) is 13.2 Å². The van der Waals surface area contributed by atoms with Gasteiger partial charge in [0.2, 0.25) is 11.7 Å². The summed E-state index contributed by atoms with van der Waals surface area (Å²) in [5, 5.41) is 16.2. The molecule has 3 aromatic carbocycles. The van der Waals surface area contributed by atoms with Gasteiger partial charge in [-0.3, -0.25) is 14.5 Å². The van der Waals surface area contributed by atoms with E-state index < -0.39 is 11.9 Å². The molecule has 1 aliphatic rings. The van der Waals surface area contributed by atoms with Gasteiger partial charge in [0.1, 0.15) is 18.3 Å². The first-order chi connectivity index (χ1) is 19.9. The Labute approximate surface area is 243 Å². The summed E-state index contributed by atoms with van der Waals surface area (Å²) in [6.45, 7) is 2.75. The topological polar surface area (TPSA) is 111 Å². The first kappa shape index (κ1) is 28.3. The summed E-state index contributed by atoms with van der Waals surface area (Å²) >= 11 is 6.00. The number of hydrogen-bond donors (Lipinski definition) is 1. The molecular formula is C30H31ClN6O4. The number of aryl methyl sites for hydroxylation is 1. The number of rotatable bonds is 10. The minimum absolute atomic E-state index is 0.0516. The number of methoxy groups -OCH3 is 1. The lowest BCUT2D eigenvalue weighted by atomic mass is 10.0. The number of benzene rings is 3. The smallest absolute Gasteiger partial charge is 0.251 e. The Kier molecular flexibility index (Phi) is 8.91. The first-order valence-electron chi connectivity index (χ1n) is 13.4. The van der Waals surface area contributed by atoms with Crippen LogP contribution in [0.3, 0.4) is 0 Å². The fraction of sp³-hybridized carbons (Fsp3) is 0.300. The zero-order chi connectivity index (χ0) is 28.8. The zero-order valence-electron chi connectivity index (χ0n) is 22.9. The lowest BCUT2D eigenvalue weighted by Gasteiger charge is -2.32. The van der Waals surface area contributed by atoms with Crippen molar-refractivity contribution in [2.24, 2.45) is 0 Å². The summed E-state index contributed by atoms with van der Waals surface area (Å²) in [4.78, 5) is 30.6. The van der Waals surface area contributed by atoms with Crippen molar-refractivity contribution in [3.63, 3.8) is 0 Å². The molecule has 1 aromatic heterocycles. The second kappa shape index (κ2) is 12.9. The minimum Gasteiger partial charge on any atom is -0.497 e. The molecule has 0 spiro atoms. The van der Waals surface area contributed by atoms with Crippen LogP contribution in [-0.4, -0.2) is 58.4 Å². The molecule has 10 nitrogen and oxygen atoms in total. The summed E-state index contributed by atoms with van der Waals surface area (Å²) in [5.41, 5.74) is 2.90. The third-order valence-electron chi connectivity index (χ3n) is 6.86. The highest BCUT2D eigenvalue weighted by Crippen LogP contribution is 2.31. The van der Waals surface area contributed by atoms with Crippen LogP contribution < -0.4 is 15.0 Å². The van der Waals surface area contributed by atoms with Gasteiger partial charge in [-0.1, -0.05) is 47.5 Å². The van der Waals surface area contributed by atoms with Crippen LogP contribution in [0.1, 0.15) is 30.0 Å². The van der Waals surface area contributed by atoms with Crippen LogP contribution >= 0.6 is 11.6 Å². The summed E-state index contributed by atoms with van der Waals surface area (Å²) < 4.78 is 11.1. The van der Waals surface area contributed by atoms with Crippen LogP contribution in [-0.2, 0) is 20.9 Å². The van der Waals surface area contributed by atoms with E-state index in [9.17, 15) is 9.59 Å². The van der Waals surface area contributed by atoms with Crippen molar-refractivity contribution in [3.05, 3.63) is 88.9 Å². The van der Waals surface area contributed by atoms with E-state index in [0.29, 0.717) is 46.6 Å². The summed E-state index contributed by atoms with van der Waals surface area (Å²) in [5.74, 6) is 0.170. The Morgan fingerprint density at radius 1 is 1.15 bits per heavy atom. The molecule has 5 rings (SSSR count). The molecule has 1 saturated heterocycles. The molecule has 41 heavy (non-hydrogen) atoms. The van der Waals surface area contributed by atoms with Gasteiger partial charge in [-0.05, 0) is 66.9 Å². The van der Waals surface area contributed by atoms with Crippen molar-refractivity contribution in [2.45, 2.75) is 38.5 Å². The normalized spacial score (nSPS) is 15.3. The monoisotopic (exact) mass is 574 g/mol. The number of ether oxygens (including phenoxy) is 2. The van der Waals surface area contributed by atoms with Crippen molar-refractivity contribution >= 4 is 29.1 Å². The maximum Gasteiger partial charge on any atom is 0.251 e. The van der Waals surface area contributed by atoms with E-state index in [0.717, 1.165) is 18.4 Å². The SMILES string of the molecule is COc1cccc(N(C(=O)Cn2nnc(-c3ccc(Cl)cc3)n2)[C@H](C(=O)NC[C@@H]2CCCO2)c2ccc(C)cc2)c1. The Morgan fingerprint density at radius 3 is 2.63 bits per heavy atom. The number of hydrogen-bond acceptors (Lipinski definition) is 7. The van der Waals surface area contributed by atoms with Crippen LogP contribution in [0.25, 0.3) is 11.4 Å². The molecule has 212 valence electrons. The van der Waals surface area contributed by atoms with E-state index in [1.54, 1.807) is 55.6 Å². The van der Waals surface area contributed by atoms with Crippen LogP contribution in [0.2, 0.25) is 5.02 Å². The van der Waals surface area contributed by atoms with Crippen molar-refractivity contribution in [2.75, 3.05) is 25.2 Å². The van der Waals surface area contributed by atoms with Gasteiger partial charge in [-0.2, -0.15) is 4.80 Å². The molecule has 0 bridgehead atoms. The number of halogens is 1. The molecule has 0 unspecified atom stereocenters. The Morgan fingerprint density at radius 2 is 1.93 bits per heavy atom. The molecule has 2 amide bonds. The molecule has 0 radical (unpaired) electrons. The second-order valence-electron chi connectivity index (χ2n) is 9.81. The molecule has 4 aromatic rings. The largest absolute Gasteiger partial charge is 0.497 e. The zero-order valence-corrected chi connectivity index (χ0v) is 23.6. The Hall–Kier alpha value is -4.28. The average molecular weight is 575 g/mol. The molecule has 1 aliphatic heterocycles. The van der Waals surface area contributed by atoms with Crippen LogP contribution in [0, 0.1) is 6.92 Å². The molecule has 1 N–H and O–H groups in total. The maximum absolute atomic E-state index is 14.1. The summed E-state index contributed by atoms with van der Waals surface area (Å²) in [6.07, 6.45) is 1.78. The Balaban J connectivity index is 1.49. The highest BCUT2D eigenvalue weighted by Gasteiger charge is 2.34. The number of carbonyl (C=O) groups excluding carboxylic acids is 2. The number of nitrogens with zero attached hydrogens (tertiary/aromatic N) is 5. The predicted molar refractivity (Wildman–Crippen MR) is 155 cm³/mol. The van der Waals surface area contributed by atoms with E-state index in [4.69, 9.17) is 21.1 Å². The van der Waals surface area contributed by atoms with Crippen LogP contribution in [0.4, 0.5) is 5.69 Å². The van der Waals surface area contributed by atoms with Crippen molar-refractivity contribution < 1.29 is 19.1 Å². The molecule has 1 fully saturated rings. The number of nitrogens with one attached hydrogen (secondary N) is 1. The number of anilines is 1. The fourth-order valence-corrected chi connectivity index (χ4v) is 4.83. The first-order valence-corrected chi connectivity index (χ1v) is 13.7. The lowest BCUT2D eigenvalue weighted by molar-refractivity contribution is -0.127. The number of tetrazole rings is 1. The average Bonchev–Trinajstić information content (AvgIpc) is 3.68. The third-order valence-corrected chi connectivity index (χ3v) is 7.11. The number of carbonyl (C=O) groups is 2. The van der Waals surface area contributed by atoms with E-state index in [1.165, 1.54) is 9.70 Å². The minimum atomic E-state index is -0.976. The van der Waals surface area contributed by atoms with E-state index in [-0.39, 0.29) is 18.6 Å². The Bertz CT molecular complexity index is 1490. The van der Waals surface area contributed by atoms with E-state index in [2.05, 4.69) is 20.7 Å². The van der Waals surface area contributed by atoms with Gasteiger partial charge >= 0.3 is 0 Å². The predicted octanol–water partition coefficient (Wildman–Crippen LogP) is 4.38. The van der Waals surface area contributed by atoms with Gasteiger partial charge in [-0.25, -0.2) is 0 Å². The standard InChI is InChI=1S/C30H31ClN6O4/c1-20-8-10-21(11-9-20)28(30(39)32-18-26-7-4-16-41-26)37(24-5-3-6-25(17-24)40-2)27(38)19-36-34-29(33-35-36)22-12-14-23(31)15-13-22/h3,5-6,8-15,17,26,28H,4,7,16,18-19H2,1-2H3,(H,32,39)/t26-,28-/m0/s1. The van der Waals surface area contributed by atoms with Gasteiger partial charge < -0.3 is 14.8 Å². The molecule has 0 aliphatic carbocycles. The van der Waals surface area contributed by atoms with Crippen LogP contribution in [0.5, 0.6) is 5.75 Å². The molecule has 11 heteroatoms. The molecular weight excluding hydrogens is 544 g/mol. The molecule has 2 heterocycles. The van der Waals surface area contributed by atoms with Crippen molar-refractivity contribution in [3.8, 4) is 17.1 Å². The number of aromatic nitrogens is 4. The molecule has 0 saturated carbocycles. The molecule has 2 atom stereocenters. The highest BCUT2D eigenvalue weighted by molar-refractivity contribution is 6.30. The van der Waals surface area contributed by atoms with Crippen molar-refractivity contribution in [1.82, 2.24) is 25.5 Å². The van der Waals surface area contributed by atoms with Gasteiger partial charge in [0.25, 0.3) is 5.91 Å².